The molecule has 0 unspecified atom stereocenters. The first kappa shape index (κ1) is 15.2. The Morgan fingerprint density at radius 2 is 0.950 bits per heavy atom. The maximum absolute atomic E-state index is 8.63. The highest BCUT2D eigenvalue weighted by Gasteiger charge is 1.75. The van der Waals surface area contributed by atoms with Crippen LogP contribution < -0.4 is 0 Å². The summed E-state index contributed by atoms with van der Waals surface area (Å²) in [5.74, 6) is 0.644. The molecular formula is C16H16N2O2. The minimum Gasteiger partial charge on any atom is -0.508 e. The van der Waals surface area contributed by atoms with Crippen molar-refractivity contribution < 1.29 is 10.2 Å². The van der Waals surface area contributed by atoms with Crippen molar-refractivity contribution in [1.29, 1.82) is 0 Å². The molecule has 0 aliphatic rings. The highest BCUT2D eigenvalue weighted by Crippen LogP contribution is 2.03. The number of aromatic nitrogens is 2. The van der Waals surface area contributed by atoms with E-state index in [1.54, 1.807) is 67.0 Å². The van der Waals surface area contributed by atoms with Crippen molar-refractivity contribution in [3.8, 4) is 11.5 Å². The second-order valence-electron chi connectivity index (χ2n) is 3.58. The number of benzene rings is 2. The molecular weight excluding hydrogens is 252 g/mol. The lowest BCUT2D eigenvalue weighted by Gasteiger charge is -1.82. The van der Waals surface area contributed by atoms with E-state index in [9.17, 15) is 0 Å². The zero-order valence-electron chi connectivity index (χ0n) is 10.9. The van der Waals surface area contributed by atoms with Crippen LogP contribution in [0.3, 0.4) is 0 Å². The van der Waals surface area contributed by atoms with Gasteiger partial charge in [0.05, 0.1) is 0 Å². The minimum atomic E-state index is 0.322. The number of phenolic OH excluding ortho intramolecular Hbond substituents is 2. The second kappa shape index (κ2) is 10.1. The summed E-state index contributed by atoms with van der Waals surface area (Å²) in [5, 5.41) is 17.3. The summed E-state index contributed by atoms with van der Waals surface area (Å²) >= 11 is 0. The van der Waals surface area contributed by atoms with Gasteiger partial charge in [-0.3, -0.25) is 0 Å². The third-order valence-electron chi connectivity index (χ3n) is 1.99. The zero-order chi connectivity index (χ0) is 14.5. The molecule has 1 heterocycles. The van der Waals surface area contributed by atoms with Gasteiger partial charge in [0.15, 0.2) is 0 Å². The molecule has 4 heteroatoms. The first-order chi connectivity index (χ1) is 9.79. The Morgan fingerprint density at radius 3 is 1.10 bits per heavy atom. The predicted octanol–water partition coefficient (Wildman–Crippen LogP) is 3.26. The van der Waals surface area contributed by atoms with Crippen molar-refractivity contribution in [3.05, 3.63) is 85.5 Å². The molecule has 2 aromatic carbocycles. The van der Waals surface area contributed by atoms with Crippen LogP contribution in [0.15, 0.2) is 85.5 Å². The molecule has 1 aromatic heterocycles. The topological polar surface area (TPSA) is 66.2 Å². The smallest absolute Gasteiger partial charge is 0.115 e. The van der Waals surface area contributed by atoms with E-state index in [1.807, 2.05) is 12.1 Å². The standard InChI is InChI=1S/2C6H6O.C4H4N2/c2*7-6-4-2-1-3-5-6;1-2-5-4-6-3-1/h2*1-5,7H;1-4H. The molecule has 2 N–H and O–H groups in total. The van der Waals surface area contributed by atoms with Gasteiger partial charge in [-0.05, 0) is 30.3 Å². The Labute approximate surface area is 118 Å². The third-order valence-corrected chi connectivity index (χ3v) is 1.99. The summed E-state index contributed by atoms with van der Waals surface area (Å²) in [6, 6.07) is 19.2. The van der Waals surface area contributed by atoms with Gasteiger partial charge in [-0.1, -0.05) is 36.4 Å². The number of aromatic hydroxyl groups is 2. The summed E-state index contributed by atoms with van der Waals surface area (Å²) < 4.78 is 0. The maximum Gasteiger partial charge on any atom is 0.115 e. The van der Waals surface area contributed by atoms with Gasteiger partial charge in [0.1, 0.15) is 17.8 Å². The van der Waals surface area contributed by atoms with E-state index in [-0.39, 0.29) is 0 Å². The average Bonchev–Trinajstić information content (AvgIpc) is 2.52. The van der Waals surface area contributed by atoms with Gasteiger partial charge in [-0.2, -0.15) is 0 Å². The Morgan fingerprint density at radius 1 is 0.550 bits per heavy atom. The van der Waals surface area contributed by atoms with Crippen LogP contribution in [0.2, 0.25) is 0 Å². The van der Waals surface area contributed by atoms with Gasteiger partial charge in [0, 0.05) is 12.4 Å². The Hall–Kier alpha value is -2.88. The number of hydrogen-bond donors (Lipinski definition) is 2. The number of nitrogens with zero attached hydrogens (tertiary/aromatic N) is 2. The highest BCUT2D eigenvalue weighted by atomic mass is 16.3. The van der Waals surface area contributed by atoms with Crippen LogP contribution in [0.25, 0.3) is 0 Å². The second-order valence-corrected chi connectivity index (χ2v) is 3.58. The van der Waals surface area contributed by atoms with Crippen LogP contribution in [0.5, 0.6) is 11.5 Å². The van der Waals surface area contributed by atoms with E-state index in [2.05, 4.69) is 9.97 Å². The predicted molar refractivity (Wildman–Crippen MR) is 78.2 cm³/mol. The molecule has 0 atom stereocenters. The monoisotopic (exact) mass is 268 g/mol. The molecule has 0 saturated carbocycles. The van der Waals surface area contributed by atoms with Gasteiger partial charge in [0.25, 0.3) is 0 Å². The van der Waals surface area contributed by atoms with Crippen LogP contribution in [0, 0.1) is 0 Å². The molecule has 0 aliphatic carbocycles. The van der Waals surface area contributed by atoms with E-state index in [4.69, 9.17) is 10.2 Å². The summed E-state index contributed by atoms with van der Waals surface area (Å²) in [5.41, 5.74) is 0. The van der Waals surface area contributed by atoms with Gasteiger partial charge in [-0.15, -0.1) is 0 Å². The van der Waals surface area contributed by atoms with Crippen LogP contribution in [-0.4, -0.2) is 20.2 Å². The third kappa shape index (κ3) is 8.25. The Bertz CT molecular complexity index is 481. The van der Waals surface area contributed by atoms with Crippen LogP contribution in [-0.2, 0) is 0 Å². The lowest BCUT2D eigenvalue weighted by Crippen LogP contribution is -1.66. The van der Waals surface area contributed by atoms with Crippen molar-refractivity contribution in [1.82, 2.24) is 9.97 Å². The number of hydrogen-bond acceptors (Lipinski definition) is 4. The molecule has 0 radical (unpaired) electrons. The fourth-order valence-corrected chi connectivity index (χ4v) is 1.11. The van der Waals surface area contributed by atoms with Gasteiger partial charge >= 0.3 is 0 Å². The van der Waals surface area contributed by atoms with E-state index in [0.29, 0.717) is 11.5 Å². The summed E-state index contributed by atoms with van der Waals surface area (Å²) in [7, 11) is 0. The fourth-order valence-electron chi connectivity index (χ4n) is 1.11. The molecule has 3 rings (SSSR count). The first-order valence-electron chi connectivity index (χ1n) is 5.97. The first-order valence-corrected chi connectivity index (χ1v) is 5.97. The van der Waals surface area contributed by atoms with Crippen molar-refractivity contribution >= 4 is 0 Å². The molecule has 20 heavy (non-hydrogen) atoms. The van der Waals surface area contributed by atoms with Crippen LogP contribution in [0.1, 0.15) is 0 Å². The number of rotatable bonds is 0. The van der Waals surface area contributed by atoms with Crippen LogP contribution >= 0.6 is 0 Å². The zero-order valence-corrected chi connectivity index (χ0v) is 10.9. The molecule has 102 valence electrons. The molecule has 0 saturated heterocycles. The molecule has 0 fully saturated rings. The van der Waals surface area contributed by atoms with Gasteiger partial charge in [-0.25, -0.2) is 9.97 Å². The highest BCUT2D eigenvalue weighted by molar-refractivity contribution is 5.19. The van der Waals surface area contributed by atoms with E-state index in [1.165, 1.54) is 6.33 Å². The number of para-hydroxylation sites is 2. The van der Waals surface area contributed by atoms with Crippen molar-refractivity contribution in [2.45, 2.75) is 0 Å². The lowest BCUT2D eigenvalue weighted by molar-refractivity contribution is 0.475. The Kier molecular flexibility index (Phi) is 7.65. The van der Waals surface area contributed by atoms with Gasteiger partial charge < -0.3 is 10.2 Å². The molecule has 0 amide bonds. The number of phenols is 2. The molecule has 0 spiro atoms. The molecule has 0 aliphatic heterocycles. The molecule has 0 bridgehead atoms. The van der Waals surface area contributed by atoms with E-state index >= 15 is 0 Å². The van der Waals surface area contributed by atoms with Gasteiger partial charge in [0.2, 0.25) is 0 Å². The molecule has 3 aromatic rings. The summed E-state index contributed by atoms with van der Waals surface area (Å²) in [6.07, 6.45) is 4.88. The average molecular weight is 268 g/mol. The largest absolute Gasteiger partial charge is 0.508 e. The molecule has 4 nitrogen and oxygen atoms in total. The SMILES string of the molecule is Oc1ccccc1.Oc1ccccc1.c1cncnc1. The summed E-state index contributed by atoms with van der Waals surface area (Å²) in [6.45, 7) is 0. The van der Waals surface area contributed by atoms with E-state index in [0.717, 1.165) is 0 Å². The summed E-state index contributed by atoms with van der Waals surface area (Å²) in [4.78, 5) is 7.35. The maximum atomic E-state index is 8.63. The fraction of sp³-hybridized carbons (Fsp3) is 0. The van der Waals surface area contributed by atoms with Crippen molar-refractivity contribution in [3.63, 3.8) is 0 Å². The van der Waals surface area contributed by atoms with Crippen LogP contribution in [0.4, 0.5) is 0 Å². The van der Waals surface area contributed by atoms with E-state index < -0.39 is 0 Å². The normalized spacial score (nSPS) is 8.40. The van der Waals surface area contributed by atoms with Crippen molar-refractivity contribution in [2.75, 3.05) is 0 Å². The van der Waals surface area contributed by atoms with Crippen molar-refractivity contribution in [2.24, 2.45) is 0 Å². The quantitative estimate of drug-likeness (QED) is 0.656. The minimum absolute atomic E-state index is 0.322. The lowest BCUT2D eigenvalue weighted by atomic mass is 10.3. The Balaban J connectivity index is 0.000000151.